The fraction of sp³-hybridized carbons (Fsp3) is 0.233. The summed E-state index contributed by atoms with van der Waals surface area (Å²) in [5.41, 5.74) is 7.72. The SMILES string of the molecule is CCOC(=O)[C@@H]1C[C@H]1c1ccc(-c2cccc(-n3cc(C(=O)NC4CC4)c(=O)c4cccnc43)c2)cc1F.O=C(NC1CC1)c1cn(-c2cccc(-c3ccc([C@@H]4C[C@H]4C(=O)O)c(F)c3)c2)c2ncccc2c1=O.O=C(NC1CC1)c1cn(-c2cccc(-c3ccc([C@@H]4C[C@H]4C(=O)[O-])c(F)c3)c2)c2ncccc2c1=O.[Na+]. The summed E-state index contributed by atoms with van der Waals surface area (Å²) < 4.78 is 55.1. The van der Waals surface area contributed by atoms with Crippen molar-refractivity contribution in [2.45, 2.75) is 101 Å². The van der Waals surface area contributed by atoms with E-state index in [1.165, 1.54) is 36.8 Å². The molecular formula is C86H69F3N9NaO12. The normalized spacial score (nSPS) is 18.4. The van der Waals surface area contributed by atoms with Gasteiger partial charge in [0.15, 0.2) is 0 Å². The van der Waals surface area contributed by atoms with Gasteiger partial charge in [-0.2, -0.15) is 0 Å². The van der Waals surface area contributed by atoms with Crippen LogP contribution < -0.4 is 66.9 Å². The minimum atomic E-state index is -1.15. The van der Waals surface area contributed by atoms with E-state index in [4.69, 9.17) is 9.84 Å². The average molecular weight is 1500 g/mol. The first-order chi connectivity index (χ1) is 53.2. The van der Waals surface area contributed by atoms with E-state index in [9.17, 15) is 57.0 Å². The van der Waals surface area contributed by atoms with E-state index in [0.29, 0.717) is 109 Å². The number of ether oxygens (including phenoxy) is 1. The van der Waals surface area contributed by atoms with E-state index < -0.39 is 53.1 Å². The molecular weight excluding hydrogens is 1430 g/mol. The van der Waals surface area contributed by atoms with E-state index >= 15 is 4.39 Å². The molecule has 111 heavy (non-hydrogen) atoms. The molecule has 4 N–H and O–H groups in total. The Morgan fingerprint density at radius 2 is 0.757 bits per heavy atom. The van der Waals surface area contributed by atoms with Crippen LogP contribution in [0.5, 0.6) is 0 Å². The van der Waals surface area contributed by atoms with Gasteiger partial charge in [-0.3, -0.25) is 38.4 Å². The van der Waals surface area contributed by atoms with Gasteiger partial charge in [0.1, 0.15) is 51.1 Å². The smallest absolute Gasteiger partial charge is 0.550 e. The van der Waals surface area contributed by atoms with Crippen LogP contribution in [-0.4, -0.2) is 94.1 Å². The molecule has 6 saturated carbocycles. The van der Waals surface area contributed by atoms with Gasteiger partial charge in [0.2, 0.25) is 16.3 Å². The van der Waals surface area contributed by atoms with Crippen LogP contribution >= 0.6 is 0 Å². The molecule has 3 amide bonds. The van der Waals surface area contributed by atoms with E-state index in [0.717, 1.165) is 55.2 Å². The number of aromatic nitrogens is 6. The van der Waals surface area contributed by atoms with Crippen molar-refractivity contribution in [3.8, 4) is 50.4 Å². The number of rotatable bonds is 19. The van der Waals surface area contributed by atoms with Crippen LogP contribution in [0, 0.1) is 35.2 Å². The second-order valence-electron chi connectivity index (χ2n) is 28.7. The van der Waals surface area contributed by atoms with Crippen LogP contribution in [0.4, 0.5) is 13.2 Å². The first-order valence-corrected chi connectivity index (χ1v) is 36.5. The van der Waals surface area contributed by atoms with Crippen LogP contribution in [0.2, 0.25) is 0 Å². The molecule has 6 heterocycles. The van der Waals surface area contributed by atoms with Crippen LogP contribution in [0.1, 0.15) is 130 Å². The van der Waals surface area contributed by atoms with Gasteiger partial charge in [-0.25, -0.2) is 28.1 Å². The molecule has 21 nitrogen and oxygen atoms in total. The zero-order chi connectivity index (χ0) is 76.3. The number of benzene rings is 6. The Labute approximate surface area is 653 Å². The number of carboxylic acid groups (broad SMARTS) is 2. The molecule has 0 bridgehead atoms. The standard InChI is InChI=1S/C30H26FN3O4.2C28H22FN3O4.Na/c1-2-38-30(37)24-15-23(24)21-11-8-18(14-26(21)31)17-5-3-6-20(13-17)34-16-25(29(36)33-19-9-10-19)27(35)22-7-4-12-32-28(22)34;2*29-24-12-16(6-9-19(24)21-13-22(21)28(35)36)15-3-1-4-18(11-15)32-14-23(27(34)31-17-7-8-17)25(33)20-5-2-10-30-26(20)32;/h3-8,11-14,16,19,23-24H,2,9-10,15H2,1H3,(H,33,36);2*1-6,9-12,14,17,21-22H,7-8,13H2,(H,31,34)(H,35,36);/q;;;+1/p-1/t23-,24+;2*21-,22+;/m000./s1. The van der Waals surface area contributed by atoms with Gasteiger partial charge in [-0.15, -0.1) is 0 Å². The topological polar surface area (TPSA) is 296 Å². The summed E-state index contributed by atoms with van der Waals surface area (Å²) >= 11 is 0. The summed E-state index contributed by atoms with van der Waals surface area (Å²) in [6.07, 6.45) is 16.2. The van der Waals surface area contributed by atoms with Crippen LogP contribution in [0.3, 0.4) is 0 Å². The number of carbonyl (C=O) groups is 6. The Morgan fingerprint density at radius 3 is 1.05 bits per heavy atom. The maximum absolute atomic E-state index is 15.1. The Hall–Kier alpha value is -12.0. The van der Waals surface area contributed by atoms with Crippen molar-refractivity contribution in [2.75, 3.05) is 6.61 Å². The average Bonchev–Trinajstić information content (AvgIpc) is 1.70. The van der Waals surface area contributed by atoms with Gasteiger partial charge in [-0.1, -0.05) is 72.8 Å². The van der Waals surface area contributed by atoms with Crippen molar-refractivity contribution in [3.63, 3.8) is 0 Å². The third-order valence-corrected chi connectivity index (χ3v) is 20.9. The molecule has 12 aromatic rings. The number of esters is 1. The van der Waals surface area contributed by atoms with Gasteiger partial charge in [0.25, 0.3) is 17.7 Å². The molecule has 0 spiro atoms. The van der Waals surface area contributed by atoms with Crippen molar-refractivity contribution in [2.24, 2.45) is 17.8 Å². The molecule has 6 atom stereocenters. The fourth-order valence-corrected chi connectivity index (χ4v) is 14.2. The fourth-order valence-electron chi connectivity index (χ4n) is 14.2. The Bertz CT molecular complexity index is 5780. The van der Waals surface area contributed by atoms with Crippen molar-refractivity contribution >= 4 is 68.7 Å². The number of nitrogens with zero attached hydrogens (tertiary/aromatic N) is 6. The van der Waals surface area contributed by atoms with E-state index in [-0.39, 0.29) is 116 Å². The number of amides is 3. The number of pyridine rings is 6. The van der Waals surface area contributed by atoms with Gasteiger partial charge < -0.3 is 49.4 Å². The van der Waals surface area contributed by atoms with Crippen LogP contribution in [0.25, 0.3) is 83.5 Å². The van der Waals surface area contributed by atoms with Crippen molar-refractivity contribution in [1.82, 2.24) is 44.6 Å². The molecule has 0 unspecified atom stereocenters. The predicted octanol–water partition coefficient (Wildman–Crippen LogP) is 8.96. The van der Waals surface area contributed by atoms with Gasteiger partial charge >= 0.3 is 41.5 Å². The number of carbonyl (C=O) groups excluding carboxylic acids is 5. The van der Waals surface area contributed by atoms with Gasteiger partial charge in [0.05, 0.1) is 34.6 Å². The minimum Gasteiger partial charge on any atom is -0.550 e. The first kappa shape index (κ1) is 74.5. The second kappa shape index (κ2) is 30.8. The molecule has 6 aromatic heterocycles. The van der Waals surface area contributed by atoms with E-state index in [2.05, 4.69) is 30.9 Å². The van der Waals surface area contributed by atoms with Crippen molar-refractivity contribution in [3.05, 3.63) is 282 Å². The summed E-state index contributed by atoms with van der Waals surface area (Å²) in [7, 11) is 0. The monoisotopic (exact) mass is 1500 g/mol. The largest absolute Gasteiger partial charge is 1.00 e. The quantitative estimate of drug-likeness (QED) is 0.0434. The molecule has 18 rings (SSSR count). The maximum atomic E-state index is 15.1. The first-order valence-electron chi connectivity index (χ1n) is 36.5. The van der Waals surface area contributed by atoms with Crippen LogP contribution in [0.15, 0.2) is 215 Å². The number of nitrogens with one attached hydrogen (secondary N) is 3. The molecule has 552 valence electrons. The Morgan fingerprint density at radius 1 is 0.441 bits per heavy atom. The zero-order valence-electron chi connectivity index (χ0n) is 60.1. The molecule has 6 aliphatic rings. The third kappa shape index (κ3) is 15.7. The molecule has 6 fully saturated rings. The summed E-state index contributed by atoms with van der Waals surface area (Å²) in [6.45, 7) is 2.07. The number of halogens is 3. The zero-order valence-corrected chi connectivity index (χ0v) is 62.1. The number of hydrogen-bond acceptors (Lipinski definition) is 14. The summed E-state index contributed by atoms with van der Waals surface area (Å²) in [5, 5.41) is 29.9. The van der Waals surface area contributed by atoms with Gasteiger partial charge in [-0.05, 0) is 212 Å². The van der Waals surface area contributed by atoms with E-state index in [1.807, 2.05) is 72.8 Å². The Balaban J connectivity index is 0.000000131. The Kier molecular flexibility index (Phi) is 20.7. The summed E-state index contributed by atoms with van der Waals surface area (Å²) in [5.74, 6) is -7.04. The number of fused-ring (bicyclic) bond motifs is 3. The second-order valence-corrected chi connectivity index (χ2v) is 28.7. The molecule has 0 aliphatic heterocycles. The minimum absolute atomic E-state index is 0. The van der Waals surface area contributed by atoms with Crippen molar-refractivity contribution < 1.29 is 86.4 Å². The molecule has 6 aliphatic carbocycles. The predicted molar refractivity (Wildman–Crippen MR) is 401 cm³/mol. The summed E-state index contributed by atoms with van der Waals surface area (Å²) in [4.78, 5) is 125. The summed E-state index contributed by atoms with van der Waals surface area (Å²) in [6, 6.07) is 47.0. The number of carboxylic acids is 2. The maximum Gasteiger partial charge on any atom is 1.00 e. The number of aliphatic carboxylic acids is 2. The third-order valence-electron chi connectivity index (χ3n) is 20.9. The molecule has 0 saturated heterocycles. The van der Waals surface area contributed by atoms with Crippen molar-refractivity contribution in [1.29, 1.82) is 0 Å². The number of hydrogen-bond donors (Lipinski definition) is 4. The molecule has 6 aromatic carbocycles. The molecule has 25 heteroatoms. The van der Waals surface area contributed by atoms with Crippen LogP contribution in [-0.2, 0) is 19.1 Å². The molecule has 0 radical (unpaired) electrons. The van der Waals surface area contributed by atoms with E-state index in [1.54, 1.807) is 112 Å². The van der Waals surface area contributed by atoms with Gasteiger partial charge in [0, 0.05) is 96.1 Å².